The van der Waals surface area contributed by atoms with Gasteiger partial charge in [0.2, 0.25) is 0 Å². The molecule has 0 aromatic heterocycles. The summed E-state index contributed by atoms with van der Waals surface area (Å²) in [5, 5.41) is 8.61. The van der Waals surface area contributed by atoms with Crippen molar-refractivity contribution >= 4 is 5.97 Å². The summed E-state index contributed by atoms with van der Waals surface area (Å²) in [7, 11) is 0. The second-order valence-electron chi connectivity index (χ2n) is 1.83. The lowest BCUT2D eigenvalue weighted by atomic mass is 10.0. The lowest BCUT2D eigenvalue weighted by Crippen LogP contribution is -2.22. The van der Waals surface area contributed by atoms with Crippen LogP contribution in [0.15, 0.2) is 0 Å². The summed E-state index contributed by atoms with van der Waals surface area (Å²) < 4.78 is 33.0. The summed E-state index contributed by atoms with van der Waals surface area (Å²) in [6.07, 6.45) is -0.607. The van der Waals surface area contributed by atoms with Crippen LogP contribution in [0.3, 0.4) is 0 Å². The maximum atomic E-state index is 10.5. The molecule has 0 radical (unpaired) electrons. The van der Waals surface area contributed by atoms with Gasteiger partial charge in [-0.1, -0.05) is 0 Å². The van der Waals surface area contributed by atoms with Crippen molar-refractivity contribution < 1.29 is 20.1 Å². The molecular formula is C6H10O3. The van der Waals surface area contributed by atoms with E-state index in [-0.39, 0.29) is 12.8 Å². The molecule has 1 heterocycles. The summed E-state index contributed by atoms with van der Waals surface area (Å²) in [6, 6.07) is 0. The van der Waals surface area contributed by atoms with Crippen LogP contribution in [0.25, 0.3) is 0 Å². The van der Waals surface area contributed by atoms with Gasteiger partial charge >= 0.3 is 5.97 Å². The van der Waals surface area contributed by atoms with E-state index < -0.39 is 25.0 Å². The second kappa shape index (κ2) is 2.82. The molecule has 0 bridgehead atoms. The van der Waals surface area contributed by atoms with Gasteiger partial charge in [-0.05, 0) is 12.8 Å². The third kappa shape index (κ3) is 1.68. The fraction of sp³-hybridized carbons (Fsp3) is 0.833. The Hall–Kier alpha value is -0.570. The highest BCUT2D eigenvalue weighted by atomic mass is 16.5. The van der Waals surface area contributed by atoms with Gasteiger partial charge in [-0.25, -0.2) is 0 Å². The van der Waals surface area contributed by atoms with E-state index >= 15 is 0 Å². The van der Waals surface area contributed by atoms with Gasteiger partial charge in [0.25, 0.3) is 0 Å². The maximum absolute atomic E-state index is 10.5. The van der Waals surface area contributed by atoms with Crippen molar-refractivity contribution in [2.24, 2.45) is 5.92 Å². The lowest BCUT2D eigenvalue weighted by molar-refractivity contribution is -0.144. The molecule has 0 amide bonds. The third-order valence-electron chi connectivity index (χ3n) is 1.15. The molecule has 0 saturated carbocycles. The van der Waals surface area contributed by atoms with Crippen LogP contribution in [-0.2, 0) is 9.53 Å². The molecule has 3 heteroatoms. The molecule has 0 aromatic rings. The second-order valence-corrected chi connectivity index (χ2v) is 1.83. The van der Waals surface area contributed by atoms with E-state index in [4.69, 9.17) is 10.6 Å². The number of hydrogen-bond donors (Lipinski definition) is 1. The summed E-state index contributed by atoms with van der Waals surface area (Å²) >= 11 is 0. The summed E-state index contributed by atoms with van der Waals surface area (Å²) in [6.45, 7) is -4.38. The van der Waals surface area contributed by atoms with Crippen molar-refractivity contribution in [3.05, 3.63) is 0 Å². The van der Waals surface area contributed by atoms with Crippen LogP contribution < -0.4 is 0 Å². The normalized spacial score (nSPS) is 39.6. The number of rotatable bonds is 1. The largest absolute Gasteiger partial charge is 0.481 e. The molecule has 3 nitrogen and oxygen atoms in total. The molecule has 0 aromatic carbocycles. The Morgan fingerprint density at radius 1 is 1.67 bits per heavy atom. The van der Waals surface area contributed by atoms with Gasteiger partial charge < -0.3 is 9.84 Å². The highest BCUT2D eigenvalue weighted by molar-refractivity contribution is 5.69. The topological polar surface area (TPSA) is 46.5 Å². The van der Waals surface area contributed by atoms with Crippen molar-refractivity contribution in [2.45, 2.75) is 12.8 Å². The van der Waals surface area contributed by atoms with Crippen LogP contribution in [0.2, 0.25) is 0 Å². The predicted molar refractivity (Wildman–Crippen MR) is 31.2 cm³/mol. The van der Waals surface area contributed by atoms with Gasteiger partial charge in [0.1, 0.15) is 0 Å². The monoisotopic (exact) mass is 134 g/mol. The van der Waals surface area contributed by atoms with Crippen LogP contribution in [-0.4, -0.2) is 24.2 Å². The standard InChI is InChI=1S/C6H10O3/c7-6(8)5-1-3-9-4-2-5/h5H,1-4H2,(H,7,8)/i3D2,4D2. The Labute approximate surface area is 59.2 Å². The summed E-state index contributed by atoms with van der Waals surface area (Å²) in [4.78, 5) is 10.5. The smallest absolute Gasteiger partial charge is 0.306 e. The molecule has 0 unspecified atom stereocenters. The fourth-order valence-electron chi connectivity index (χ4n) is 0.582. The van der Waals surface area contributed by atoms with Crippen molar-refractivity contribution in [1.29, 1.82) is 0 Å². The van der Waals surface area contributed by atoms with Crippen LogP contribution in [0.4, 0.5) is 0 Å². The molecule has 1 saturated heterocycles. The Morgan fingerprint density at radius 3 is 2.67 bits per heavy atom. The van der Waals surface area contributed by atoms with Crippen molar-refractivity contribution in [3.63, 3.8) is 0 Å². The fourth-order valence-corrected chi connectivity index (χ4v) is 0.582. The molecule has 1 rings (SSSR count). The van der Waals surface area contributed by atoms with E-state index in [0.717, 1.165) is 0 Å². The molecule has 52 valence electrons. The molecule has 1 N–H and O–H groups in total. The molecule has 0 aliphatic carbocycles. The van der Waals surface area contributed by atoms with Crippen LogP contribution >= 0.6 is 0 Å². The summed E-state index contributed by atoms with van der Waals surface area (Å²) in [5.41, 5.74) is 0. The first kappa shape index (κ1) is 3.01. The minimum absolute atomic E-state index is 0.304. The van der Waals surface area contributed by atoms with Crippen LogP contribution in [0.5, 0.6) is 0 Å². The Morgan fingerprint density at radius 2 is 2.22 bits per heavy atom. The highest BCUT2D eigenvalue weighted by Crippen LogP contribution is 2.13. The number of ether oxygens (including phenoxy) is 1. The van der Waals surface area contributed by atoms with E-state index in [1.54, 1.807) is 0 Å². The first-order valence-corrected chi connectivity index (χ1v) is 2.65. The number of carbonyl (C=O) groups is 1. The van der Waals surface area contributed by atoms with Gasteiger partial charge in [0, 0.05) is 13.1 Å². The molecule has 0 atom stereocenters. The average Bonchev–Trinajstić information content (AvgIpc) is 1.79. The van der Waals surface area contributed by atoms with E-state index in [1.807, 2.05) is 0 Å². The van der Waals surface area contributed by atoms with Gasteiger partial charge in [0.15, 0.2) is 0 Å². The van der Waals surface area contributed by atoms with Crippen molar-refractivity contribution in [1.82, 2.24) is 0 Å². The minimum atomic E-state index is -2.19. The van der Waals surface area contributed by atoms with Crippen LogP contribution in [0.1, 0.15) is 18.3 Å². The van der Waals surface area contributed by atoms with E-state index in [1.165, 1.54) is 0 Å². The highest BCUT2D eigenvalue weighted by Gasteiger charge is 2.19. The molecule has 1 aliphatic rings. The average molecular weight is 134 g/mol. The van der Waals surface area contributed by atoms with E-state index in [0.29, 0.717) is 0 Å². The van der Waals surface area contributed by atoms with Crippen LogP contribution in [0, 0.1) is 5.92 Å². The first-order chi connectivity index (χ1) is 5.72. The Kier molecular flexibility index (Phi) is 0.945. The Bertz CT molecular complexity index is 212. The van der Waals surface area contributed by atoms with Crippen molar-refractivity contribution in [2.75, 3.05) is 13.1 Å². The predicted octanol–water partition coefficient (Wildman–Crippen LogP) is 0.498. The zero-order valence-electron chi connectivity index (χ0n) is 8.76. The third-order valence-corrected chi connectivity index (χ3v) is 1.15. The van der Waals surface area contributed by atoms with Gasteiger partial charge in [-0.15, -0.1) is 0 Å². The number of hydrogen-bond acceptors (Lipinski definition) is 2. The quantitative estimate of drug-likeness (QED) is 0.568. The minimum Gasteiger partial charge on any atom is -0.481 e. The number of carboxylic acids is 1. The first-order valence-electron chi connectivity index (χ1n) is 4.65. The lowest BCUT2D eigenvalue weighted by Gasteiger charge is -2.17. The van der Waals surface area contributed by atoms with Gasteiger partial charge in [-0.3, -0.25) is 4.79 Å². The SMILES string of the molecule is [2H]C1([2H])CC(C(=O)O)CC([2H])([2H])O1. The number of carboxylic acid groups (broad SMARTS) is 1. The van der Waals surface area contributed by atoms with E-state index in [9.17, 15) is 4.79 Å². The molecule has 9 heavy (non-hydrogen) atoms. The molecule has 0 spiro atoms. The Balaban J connectivity index is 2.78. The van der Waals surface area contributed by atoms with Gasteiger partial charge in [-0.2, -0.15) is 0 Å². The van der Waals surface area contributed by atoms with E-state index in [2.05, 4.69) is 4.74 Å². The molecule has 1 fully saturated rings. The van der Waals surface area contributed by atoms with Crippen molar-refractivity contribution in [3.8, 4) is 0 Å². The molecule has 1 aliphatic heterocycles. The molecular weight excluding hydrogens is 120 g/mol. The zero-order chi connectivity index (χ0) is 10.3. The zero-order valence-corrected chi connectivity index (χ0v) is 4.76. The maximum Gasteiger partial charge on any atom is 0.306 e. The van der Waals surface area contributed by atoms with Gasteiger partial charge in [0.05, 0.1) is 11.4 Å². The summed E-state index contributed by atoms with van der Waals surface area (Å²) in [5.74, 6) is -2.20. The number of aliphatic carboxylic acids is 1.